The standard InChI is InChI=1S/C11H16N4OS/c1-13-11-15-9(12)8(17-11)10(16)14-7-5-3-2-4-6-7/h2-3,7H,4-6,12H2,1H3,(H,13,15)(H,14,16). The fraction of sp³-hybridized carbons (Fsp3) is 0.455. The maximum atomic E-state index is 12.0. The Morgan fingerprint density at radius 1 is 1.59 bits per heavy atom. The highest BCUT2D eigenvalue weighted by Crippen LogP contribution is 2.24. The molecule has 0 saturated heterocycles. The molecule has 1 aliphatic rings. The summed E-state index contributed by atoms with van der Waals surface area (Å²) in [5, 5.41) is 6.53. The lowest BCUT2D eigenvalue weighted by molar-refractivity contribution is 0.0939. The van der Waals surface area contributed by atoms with Crippen LogP contribution in [0.3, 0.4) is 0 Å². The number of hydrogen-bond acceptors (Lipinski definition) is 5. The summed E-state index contributed by atoms with van der Waals surface area (Å²) >= 11 is 1.28. The van der Waals surface area contributed by atoms with Crippen molar-refractivity contribution in [1.82, 2.24) is 10.3 Å². The molecule has 2 rings (SSSR count). The van der Waals surface area contributed by atoms with E-state index in [9.17, 15) is 4.79 Å². The maximum Gasteiger partial charge on any atom is 0.265 e. The van der Waals surface area contributed by atoms with Crippen LogP contribution < -0.4 is 16.4 Å². The highest BCUT2D eigenvalue weighted by atomic mass is 32.1. The lowest BCUT2D eigenvalue weighted by Gasteiger charge is -2.18. The summed E-state index contributed by atoms with van der Waals surface area (Å²) in [6.45, 7) is 0. The second-order valence-corrected chi connectivity index (χ2v) is 4.94. The first-order valence-corrected chi connectivity index (χ1v) is 6.42. The van der Waals surface area contributed by atoms with Crippen molar-refractivity contribution in [1.29, 1.82) is 0 Å². The number of nitrogens with zero attached hydrogens (tertiary/aromatic N) is 1. The molecule has 0 saturated carbocycles. The molecule has 1 amide bonds. The van der Waals surface area contributed by atoms with E-state index in [1.54, 1.807) is 7.05 Å². The number of rotatable bonds is 3. The molecular formula is C11H16N4OS. The normalized spacial score (nSPS) is 19.0. The van der Waals surface area contributed by atoms with Crippen LogP contribution in [0.4, 0.5) is 10.9 Å². The Morgan fingerprint density at radius 3 is 3.00 bits per heavy atom. The summed E-state index contributed by atoms with van der Waals surface area (Å²) in [6.07, 6.45) is 7.14. The number of nitrogens with two attached hydrogens (primary N) is 1. The first-order chi connectivity index (χ1) is 8.20. The van der Waals surface area contributed by atoms with Gasteiger partial charge in [0.25, 0.3) is 5.91 Å². The van der Waals surface area contributed by atoms with Crippen molar-refractivity contribution in [3.05, 3.63) is 17.0 Å². The molecule has 1 aromatic rings. The lowest BCUT2D eigenvalue weighted by atomic mass is 10.0. The molecule has 4 N–H and O–H groups in total. The molecule has 6 heteroatoms. The predicted octanol–water partition coefficient (Wildman–Crippen LogP) is 1.61. The van der Waals surface area contributed by atoms with Crippen molar-refractivity contribution >= 4 is 28.2 Å². The van der Waals surface area contributed by atoms with Gasteiger partial charge < -0.3 is 16.4 Å². The first-order valence-electron chi connectivity index (χ1n) is 5.60. The molecule has 0 radical (unpaired) electrons. The molecule has 1 heterocycles. The van der Waals surface area contributed by atoms with Crippen LogP contribution in [0, 0.1) is 0 Å². The summed E-state index contributed by atoms with van der Waals surface area (Å²) in [5.41, 5.74) is 5.71. The third-order valence-corrected chi connectivity index (χ3v) is 3.77. The molecular weight excluding hydrogens is 236 g/mol. The average Bonchev–Trinajstić information content (AvgIpc) is 2.72. The summed E-state index contributed by atoms with van der Waals surface area (Å²) in [7, 11) is 1.76. The molecule has 0 bridgehead atoms. The van der Waals surface area contributed by atoms with E-state index in [0.717, 1.165) is 19.3 Å². The Kier molecular flexibility index (Phi) is 3.63. The van der Waals surface area contributed by atoms with Gasteiger partial charge in [0.15, 0.2) is 5.13 Å². The summed E-state index contributed by atoms with van der Waals surface area (Å²) < 4.78 is 0. The van der Waals surface area contributed by atoms with Crippen molar-refractivity contribution in [2.45, 2.75) is 25.3 Å². The summed E-state index contributed by atoms with van der Waals surface area (Å²) in [6, 6.07) is 0.215. The van der Waals surface area contributed by atoms with Gasteiger partial charge in [0, 0.05) is 13.1 Å². The number of carbonyl (C=O) groups excluding carboxylic acids is 1. The number of allylic oxidation sites excluding steroid dienone is 1. The van der Waals surface area contributed by atoms with Gasteiger partial charge >= 0.3 is 0 Å². The largest absolute Gasteiger partial charge is 0.382 e. The molecule has 1 aromatic heterocycles. The third kappa shape index (κ3) is 2.76. The minimum absolute atomic E-state index is 0.123. The van der Waals surface area contributed by atoms with Crippen molar-refractivity contribution in [2.75, 3.05) is 18.1 Å². The predicted molar refractivity (Wildman–Crippen MR) is 70.3 cm³/mol. The topological polar surface area (TPSA) is 80.0 Å². The zero-order valence-electron chi connectivity index (χ0n) is 9.69. The van der Waals surface area contributed by atoms with Crippen molar-refractivity contribution in [2.24, 2.45) is 0 Å². The Bertz CT molecular complexity index is 441. The van der Waals surface area contributed by atoms with E-state index < -0.39 is 0 Å². The van der Waals surface area contributed by atoms with E-state index >= 15 is 0 Å². The number of amides is 1. The van der Waals surface area contributed by atoms with E-state index in [0.29, 0.717) is 15.8 Å². The number of thiazole rings is 1. The van der Waals surface area contributed by atoms with Gasteiger partial charge in [-0.25, -0.2) is 4.98 Å². The second-order valence-electron chi connectivity index (χ2n) is 3.94. The van der Waals surface area contributed by atoms with Gasteiger partial charge in [0.05, 0.1) is 0 Å². The van der Waals surface area contributed by atoms with Crippen LogP contribution >= 0.6 is 11.3 Å². The maximum absolute atomic E-state index is 12.0. The van der Waals surface area contributed by atoms with Crippen LogP contribution in [0.15, 0.2) is 12.2 Å². The zero-order chi connectivity index (χ0) is 12.3. The van der Waals surface area contributed by atoms with E-state index in [-0.39, 0.29) is 11.9 Å². The smallest absolute Gasteiger partial charge is 0.265 e. The van der Waals surface area contributed by atoms with E-state index in [1.807, 2.05) is 0 Å². The highest BCUT2D eigenvalue weighted by Gasteiger charge is 2.19. The number of aromatic nitrogens is 1. The molecule has 92 valence electrons. The fourth-order valence-corrected chi connectivity index (χ4v) is 2.52. The SMILES string of the molecule is CNc1nc(N)c(C(=O)NC2CC=CCC2)s1. The van der Waals surface area contributed by atoms with Gasteiger partial charge in [-0.3, -0.25) is 4.79 Å². The number of nitrogen functional groups attached to an aromatic ring is 1. The van der Waals surface area contributed by atoms with Gasteiger partial charge in [-0.2, -0.15) is 0 Å². The number of carbonyl (C=O) groups is 1. The molecule has 0 fully saturated rings. The quantitative estimate of drug-likeness (QED) is 0.714. The Morgan fingerprint density at radius 2 is 2.41 bits per heavy atom. The number of nitrogens with one attached hydrogen (secondary N) is 2. The van der Waals surface area contributed by atoms with Crippen LogP contribution in [0.1, 0.15) is 28.9 Å². The van der Waals surface area contributed by atoms with Gasteiger partial charge in [0.2, 0.25) is 0 Å². The molecule has 0 spiro atoms. The van der Waals surface area contributed by atoms with E-state index in [1.165, 1.54) is 11.3 Å². The molecule has 1 atom stereocenters. The van der Waals surface area contributed by atoms with E-state index in [4.69, 9.17) is 5.73 Å². The Hall–Kier alpha value is -1.56. The summed E-state index contributed by atoms with van der Waals surface area (Å²) in [5.74, 6) is 0.171. The van der Waals surface area contributed by atoms with Crippen molar-refractivity contribution in [3.63, 3.8) is 0 Å². The van der Waals surface area contributed by atoms with Crippen molar-refractivity contribution < 1.29 is 4.79 Å². The fourth-order valence-electron chi connectivity index (χ4n) is 1.78. The monoisotopic (exact) mass is 252 g/mol. The van der Waals surface area contributed by atoms with Crippen LogP contribution in [-0.2, 0) is 0 Å². The van der Waals surface area contributed by atoms with Crippen LogP contribution in [0.25, 0.3) is 0 Å². The van der Waals surface area contributed by atoms with Gasteiger partial charge in [0.1, 0.15) is 10.7 Å². The Balaban J connectivity index is 2.03. The zero-order valence-corrected chi connectivity index (χ0v) is 10.5. The minimum Gasteiger partial charge on any atom is -0.382 e. The molecule has 0 aromatic carbocycles. The molecule has 1 aliphatic carbocycles. The van der Waals surface area contributed by atoms with Gasteiger partial charge in [-0.1, -0.05) is 23.5 Å². The molecule has 17 heavy (non-hydrogen) atoms. The average molecular weight is 252 g/mol. The highest BCUT2D eigenvalue weighted by molar-refractivity contribution is 7.18. The summed E-state index contributed by atoms with van der Waals surface area (Å²) in [4.78, 5) is 16.5. The van der Waals surface area contributed by atoms with Crippen molar-refractivity contribution in [3.8, 4) is 0 Å². The molecule has 0 aliphatic heterocycles. The first kappa shape index (κ1) is 11.9. The van der Waals surface area contributed by atoms with Gasteiger partial charge in [-0.05, 0) is 19.3 Å². The van der Waals surface area contributed by atoms with Crippen LogP contribution in [0.2, 0.25) is 0 Å². The number of hydrogen-bond donors (Lipinski definition) is 3. The van der Waals surface area contributed by atoms with E-state index in [2.05, 4.69) is 27.8 Å². The molecule has 1 unspecified atom stereocenters. The number of anilines is 2. The van der Waals surface area contributed by atoms with Crippen LogP contribution in [0.5, 0.6) is 0 Å². The van der Waals surface area contributed by atoms with Gasteiger partial charge in [-0.15, -0.1) is 0 Å². The molecule has 5 nitrogen and oxygen atoms in total. The van der Waals surface area contributed by atoms with Crippen LogP contribution in [-0.4, -0.2) is 24.0 Å². The third-order valence-electron chi connectivity index (χ3n) is 2.68. The lowest BCUT2D eigenvalue weighted by Crippen LogP contribution is -2.35. The minimum atomic E-state index is -0.123. The second kappa shape index (κ2) is 5.18. The Labute approximate surface area is 104 Å².